The van der Waals surface area contributed by atoms with Gasteiger partial charge in [-0.2, -0.15) is 0 Å². The third-order valence-corrected chi connectivity index (χ3v) is 6.67. The summed E-state index contributed by atoms with van der Waals surface area (Å²) in [5, 5.41) is 12.1. The number of nitrogens with one attached hydrogen (secondary N) is 1. The second kappa shape index (κ2) is 13.9. The van der Waals surface area contributed by atoms with Crippen molar-refractivity contribution < 1.29 is 29.1 Å². The Labute approximate surface area is 246 Å². The van der Waals surface area contributed by atoms with Crippen molar-refractivity contribution in [2.45, 2.75) is 18.4 Å². The van der Waals surface area contributed by atoms with E-state index in [9.17, 15) is 29.1 Å². The number of piperazine rings is 1. The van der Waals surface area contributed by atoms with Crippen LogP contribution in [0.1, 0.15) is 33.6 Å². The number of guanidine groups is 2. The van der Waals surface area contributed by atoms with Gasteiger partial charge >= 0.3 is 5.97 Å². The van der Waals surface area contributed by atoms with Gasteiger partial charge in [0.25, 0.3) is 17.7 Å². The highest BCUT2D eigenvalue weighted by atomic mass is 16.4. The molecule has 3 amide bonds. The molecule has 0 saturated carbocycles. The zero-order chi connectivity index (χ0) is 31.7. The van der Waals surface area contributed by atoms with Crippen LogP contribution in [0.15, 0.2) is 58.5 Å². The van der Waals surface area contributed by atoms with E-state index in [0.717, 1.165) is 9.80 Å². The zero-order valence-electron chi connectivity index (χ0n) is 23.2. The smallest absolute Gasteiger partial charge is 0.323 e. The molecule has 3 rings (SSSR count). The highest BCUT2D eigenvalue weighted by Gasteiger charge is 2.55. The average Bonchev–Trinajstić information content (AvgIpc) is 2.96. The maximum atomic E-state index is 13.8. The summed E-state index contributed by atoms with van der Waals surface area (Å²) in [4.78, 5) is 75.0. The van der Waals surface area contributed by atoms with E-state index in [2.05, 4.69) is 15.3 Å². The SMILES string of the molecule is NCC(=O)C1(CCCNC(=O)c2ccc(N=C(N)N)cc2)C(=O)N(CC(=O)O)CCN1C(=O)c1ccc(N=C(N)N)cc1. The number of amides is 3. The Balaban J connectivity index is 1.86. The summed E-state index contributed by atoms with van der Waals surface area (Å²) in [5.74, 6) is -4.30. The molecule has 1 atom stereocenters. The molecule has 1 aliphatic heterocycles. The van der Waals surface area contributed by atoms with Crippen molar-refractivity contribution in [3.05, 3.63) is 59.7 Å². The van der Waals surface area contributed by atoms with E-state index >= 15 is 0 Å². The number of hydrogen-bond acceptors (Lipinski definition) is 8. The number of hydrogen-bond donors (Lipinski definition) is 7. The minimum atomic E-state index is -2.09. The molecule has 1 fully saturated rings. The summed E-state index contributed by atoms with van der Waals surface area (Å²) in [6.07, 6.45) is -0.150. The molecule has 2 aromatic carbocycles. The van der Waals surface area contributed by atoms with Crippen molar-refractivity contribution in [3.8, 4) is 0 Å². The van der Waals surface area contributed by atoms with Crippen LogP contribution in [0.2, 0.25) is 0 Å². The van der Waals surface area contributed by atoms with Crippen LogP contribution in [-0.2, 0) is 14.4 Å². The molecule has 1 heterocycles. The van der Waals surface area contributed by atoms with E-state index in [-0.39, 0.29) is 50.0 Å². The normalized spacial score (nSPS) is 16.3. The van der Waals surface area contributed by atoms with Gasteiger partial charge in [-0.1, -0.05) is 0 Å². The van der Waals surface area contributed by atoms with Crippen molar-refractivity contribution in [1.82, 2.24) is 15.1 Å². The summed E-state index contributed by atoms with van der Waals surface area (Å²) in [6.45, 7) is -1.48. The molecule has 1 unspecified atom stereocenters. The number of nitrogens with zero attached hydrogens (tertiary/aromatic N) is 4. The van der Waals surface area contributed by atoms with E-state index < -0.39 is 48.1 Å². The van der Waals surface area contributed by atoms with Crippen LogP contribution < -0.4 is 34.0 Å². The fourth-order valence-corrected chi connectivity index (χ4v) is 4.77. The van der Waals surface area contributed by atoms with Crippen molar-refractivity contribution in [1.29, 1.82) is 0 Å². The van der Waals surface area contributed by atoms with Crippen molar-refractivity contribution in [2.75, 3.05) is 32.7 Å². The summed E-state index contributed by atoms with van der Waals surface area (Å²) in [6, 6.07) is 12.0. The monoisotopic (exact) mass is 594 g/mol. The maximum Gasteiger partial charge on any atom is 0.323 e. The predicted molar refractivity (Wildman–Crippen MR) is 157 cm³/mol. The molecule has 228 valence electrons. The molecule has 0 aliphatic carbocycles. The van der Waals surface area contributed by atoms with Gasteiger partial charge in [-0.15, -0.1) is 0 Å². The van der Waals surface area contributed by atoms with Gasteiger partial charge in [-0.25, -0.2) is 9.98 Å². The molecule has 0 spiro atoms. The highest BCUT2D eigenvalue weighted by molar-refractivity contribution is 6.16. The molecule has 0 radical (unpaired) electrons. The fourth-order valence-electron chi connectivity index (χ4n) is 4.77. The Hall–Kier alpha value is -5.51. The first kappa shape index (κ1) is 32.0. The number of ketones is 1. The van der Waals surface area contributed by atoms with Crippen LogP contribution in [0.5, 0.6) is 0 Å². The molecule has 16 heteroatoms. The van der Waals surface area contributed by atoms with Crippen LogP contribution in [-0.4, -0.2) is 94.6 Å². The predicted octanol–water partition coefficient (Wildman–Crippen LogP) is -1.66. The number of aliphatic imine (C=N–C) groups is 2. The summed E-state index contributed by atoms with van der Waals surface area (Å²) in [7, 11) is 0. The summed E-state index contributed by atoms with van der Waals surface area (Å²) in [5.41, 5.74) is 26.4. The molecule has 1 aliphatic rings. The molecule has 0 aromatic heterocycles. The molecule has 1 saturated heterocycles. The van der Waals surface area contributed by atoms with Gasteiger partial charge < -0.3 is 48.9 Å². The Kier molecular flexibility index (Phi) is 10.4. The second-order valence-corrected chi connectivity index (χ2v) is 9.59. The minimum Gasteiger partial charge on any atom is -0.480 e. The number of aliphatic carboxylic acids is 1. The van der Waals surface area contributed by atoms with Gasteiger partial charge in [-0.05, 0) is 61.4 Å². The Morgan fingerprint density at radius 1 is 0.860 bits per heavy atom. The van der Waals surface area contributed by atoms with Crippen LogP contribution in [0.3, 0.4) is 0 Å². The second-order valence-electron chi connectivity index (χ2n) is 9.59. The van der Waals surface area contributed by atoms with E-state index in [1.807, 2.05) is 0 Å². The largest absolute Gasteiger partial charge is 0.480 e. The number of nitrogens with two attached hydrogens (primary N) is 5. The van der Waals surface area contributed by atoms with Crippen molar-refractivity contribution >= 4 is 52.8 Å². The maximum absolute atomic E-state index is 13.8. The standard InChI is InChI=1S/C27H34N10O6/c28-14-20(38)27(10-1-11-33-22(41)16-2-6-18(7-3-16)34-25(29)30)24(43)36(15-21(39)40)12-13-37(27)23(42)17-4-8-19(9-5-17)35-26(31)32/h2-9H,1,10-15,28H2,(H,33,41)(H,39,40)(H4,29,30,34)(H4,31,32,35). The van der Waals surface area contributed by atoms with Gasteiger partial charge in [0, 0.05) is 30.8 Å². The third-order valence-electron chi connectivity index (χ3n) is 6.67. The molecular weight excluding hydrogens is 560 g/mol. The summed E-state index contributed by atoms with van der Waals surface area (Å²) < 4.78 is 0. The van der Waals surface area contributed by atoms with Gasteiger partial charge in [0.05, 0.1) is 17.9 Å². The molecule has 12 N–H and O–H groups in total. The number of Topliss-reactive ketones (excluding diaryl/α,β-unsaturated/α-hetero) is 1. The molecule has 0 bridgehead atoms. The van der Waals surface area contributed by atoms with Crippen LogP contribution >= 0.6 is 0 Å². The van der Waals surface area contributed by atoms with Crippen LogP contribution in [0.4, 0.5) is 11.4 Å². The lowest BCUT2D eigenvalue weighted by molar-refractivity contribution is -0.160. The number of carboxylic acids is 1. The Morgan fingerprint density at radius 2 is 1.40 bits per heavy atom. The Bertz CT molecular complexity index is 1430. The zero-order valence-corrected chi connectivity index (χ0v) is 23.2. The van der Waals surface area contributed by atoms with Crippen molar-refractivity contribution in [2.24, 2.45) is 38.7 Å². The fraction of sp³-hybridized carbons (Fsp3) is 0.296. The first-order valence-corrected chi connectivity index (χ1v) is 13.1. The first-order chi connectivity index (χ1) is 20.4. The Morgan fingerprint density at radius 3 is 1.88 bits per heavy atom. The molecular formula is C27H34N10O6. The summed E-state index contributed by atoms with van der Waals surface area (Å²) >= 11 is 0. The number of carboxylic acid groups (broad SMARTS) is 1. The lowest BCUT2D eigenvalue weighted by Gasteiger charge is -2.48. The van der Waals surface area contributed by atoms with E-state index in [4.69, 9.17) is 28.7 Å². The number of carbonyl (C=O) groups is 5. The quantitative estimate of drug-likeness (QED) is 0.0632. The first-order valence-electron chi connectivity index (χ1n) is 13.1. The minimum absolute atomic E-state index is 0.0234. The molecule has 16 nitrogen and oxygen atoms in total. The van der Waals surface area contributed by atoms with Crippen LogP contribution in [0.25, 0.3) is 0 Å². The van der Waals surface area contributed by atoms with Gasteiger partial charge in [0.15, 0.2) is 23.2 Å². The topological polar surface area (TPSA) is 279 Å². The van der Waals surface area contributed by atoms with Gasteiger partial charge in [0.2, 0.25) is 0 Å². The molecule has 2 aromatic rings. The van der Waals surface area contributed by atoms with Gasteiger partial charge in [0.1, 0.15) is 6.54 Å². The average molecular weight is 595 g/mol. The van der Waals surface area contributed by atoms with Crippen LogP contribution in [0, 0.1) is 0 Å². The highest BCUT2D eigenvalue weighted by Crippen LogP contribution is 2.31. The van der Waals surface area contributed by atoms with E-state index in [1.165, 1.54) is 36.4 Å². The number of benzene rings is 2. The van der Waals surface area contributed by atoms with E-state index in [1.54, 1.807) is 12.1 Å². The lowest BCUT2D eigenvalue weighted by Crippen LogP contribution is -2.72. The van der Waals surface area contributed by atoms with Crippen molar-refractivity contribution in [3.63, 3.8) is 0 Å². The number of rotatable bonds is 12. The van der Waals surface area contributed by atoms with Gasteiger partial charge in [-0.3, -0.25) is 24.0 Å². The lowest BCUT2D eigenvalue weighted by atomic mass is 9.82. The number of carbonyl (C=O) groups excluding carboxylic acids is 4. The third kappa shape index (κ3) is 7.62. The van der Waals surface area contributed by atoms with E-state index in [0.29, 0.717) is 16.9 Å². The molecule has 43 heavy (non-hydrogen) atoms.